The highest BCUT2D eigenvalue weighted by molar-refractivity contribution is 6.30. The molecule has 19 heavy (non-hydrogen) atoms. The Bertz CT molecular complexity index is 454. The molecule has 3 nitrogen and oxygen atoms in total. The first-order valence-electron chi connectivity index (χ1n) is 6.57. The fourth-order valence-corrected chi connectivity index (χ4v) is 2.13. The number of nitrogens with one attached hydrogen (secondary N) is 1. The van der Waals surface area contributed by atoms with Crippen molar-refractivity contribution in [2.45, 2.75) is 25.7 Å². The van der Waals surface area contributed by atoms with Crippen LogP contribution in [0.5, 0.6) is 5.75 Å². The van der Waals surface area contributed by atoms with Gasteiger partial charge in [-0.25, -0.2) is 0 Å². The molecule has 0 radical (unpaired) electrons. The summed E-state index contributed by atoms with van der Waals surface area (Å²) in [6, 6.07) is 6.97. The van der Waals surface area contributed by atoms with Crippen LogP contribution in [0.2, 0.25) is 5.02 Å². The lowest BCUT2D eigenvalue weighted by atomic mass is 10.00. The number of carbonyl (C=O) groups excluding carboxylic acids is 1. The van der Waals surface area contributed by atoms with E-state index in [4.69, 9.17) is 16.3 Å². The van der Waals surface area contributed by atoms with Gasteiger partial charge in [0.15, 0.2) is 6.61 Å². The lowest BCUT2D eigenvalue weighted by Crippen LogP contribution is -2.30. The molecule has 0 aliphatic heterocycles. The molecule has 4 heteroatoms. The first kappa shape index (κ1) is 13.9. The molecular weight excluding hydrogens is 262 g/mol. The molecule has 0 fully saturated rings. The Balaban J connectivity index is 1.69. The smallest absolute Gasteiger partial charge is 0.258 e. The molecule has 0 heterocycles. The van der Waals surface area contributed by atoms with Crippen molar-refractivity contribution in [3.8, 4) is 5.75 Å². The number of hydrogen-bond donors (Lipinski definition) is 1. The minimum Gasteiger partial charge on any atom is -0.484 e. The van der Waals surface area contributed by atoms with Crippen molar-refractivity contribution in [1.82, 2.24) is 5.32 Å². The maximum atomic E-state index is 11.6. The van der Waals surface area contributed by atoms with Gasteiger partial charge in [0.05, 0.1) is 0 Å². The van der Waals surface area contributed by atoms with Gasteiger partial charge >= 0.3 is 0 Å². The van der Waals surface area contributed by atoms with E-state index < -0.39 is 0 Å². The molecule has 1 amide bonds. The molecule has 1 aliphatic carbocycles. The van der Waals surface area contributed by atoms with Gasteiger partial charge in [-0.05, 0) is 49.9 Å². The predicted octanol–water partition coefficient (Wildman–Crippen LogP) is 3.34. The highest BCUT2D eigenvalue weighted by Gasteiger charge is 2.06. The number of benzene rings is 1. The van der Waals surface area contributed by atoms with E-state index in [2.05, 4.69) is 11.4 Å². The molecule has 0 aromatic heterocycles. The molecule has 1 aromatic rings. The Morgan fingerprint density at radius 2 is 2.05 bits per heavy atom. The summed E-state index contributed by atoms with van der Waals surface area (Å²) in [5.41, 5.74) is 1.33. The van der Waals surface area contributed by atoms with Gasteiger partial charge in [-0.2, -0.15) is 0 Å². The summed E-state index contributed by atoms with van der Waals surface area (Å²) in [7, 11) is 0. The van der Waals surface area contributed by atoms with E-state index >= 15 is 0 Å². The van der Waals surface area contributed by atoms with Crippen molar-refractivity contribution in [2.24, 2.45) is 0 Å². The number of amides is 1. The predicted molar refractivity (Wildman–Crippen MR) is 76.5 cm³/mol. The molecule has 1 N–H and O–H groups in total. The normalized spacial score (nSPS) is 14.7. The zero-order chi connectivity index (χ0) is 13.5. The summed E-state index contributed by atoms with van der Waals surface area (Å²) < 4.78 is 5.37. The van der Waals surface area contributed by atoms with Crippen molar-refractivity contribution >= 4 is 17.5 Å². The maximum Gasteiger partial charge on any atom is 0.258 e. The van der Waals surface area contributed by atoms with Crippen LogP contribution < -0.4 is 10.1 Å². The Kier molecular flexibility index (Phi) is 5.28. The zero-order valence-electron chi connectivity index (χ0n) is 10.8. The van der Waals surface area contributed by atoms with E-state index in [1.165, 1.54) is 18.4 Å². The third-order valence-corrected chi connectivity index (χ3v) is 3.33. The molecule has 0 unspecified atom stereocenters. The first-order valence-corrected chi connectivity index (χ1v) is 6.95. The minimum atomic E-state index is -0.0959. The van der Waals surface area contributed by atoms with Crippen molar-refractivity contribution in [2.75, 3.05) is 13.2 Å². The van der Waals surface area contributed by atoms with Crippen LogP contribution in [0.1, 0.15) is 25.7 Å². The summed E-state index contributed by atoms with van der Waals surface area (Å²) in [6.45, 7) is 0.678. The van der Waals surface area contributed by atoms with Gasteiger partial charge in [-0.1, -0.05) is 23.3 Å². The van der Waals surface area contributed by atoms with Crippen LogP contribution in [0.3, 0.4) is 0 Å². The number of rotatable bonds is 5. The Morgan fingerprint density at radius 1 is 1.26 bits per heavy atom. The lowest BCUT2D eigenvalue weighted by molar-refractivity contribution is -0.122. The Hall–Kier alpha value is -1.48. The van der Waals surface area contributed by atoms with E-state index in [-0.39, 0.29) is 12.5 Å². The van der Waals surface area contributed by atoms with E-state index in [0.717, 1.165) is 12.8 Å². The number of carbonyl (C=O) groups is 1. The first-order chi connectivity index (χ1) is 9.24. The standard InChI is InChI=1S/C15H18ClNO2/c16-13-6-8-14(9-7-13)19-11-15(18)17-10-12-4-2-1-3-5-12/h4,6-9H,1-3,5,10-11H2,(H,17,18). The number of ether oxygens (including phenoxy) is 1. The average molecular weight is 280 g/mol. The van der Waals surface area contributed by atoms with Gasteiger partial charge in [0.2, 0.25) is 0 Å². The summed E-state index contributed by atoms with van der Waals surface area (Å²) in [4.78, 5) is 11.6. The van der Waals surface area contributed by atoms with Crippen LogP contribution >= 0.6 is 11.6 Å². The lowest BCUT2D eigenvalue weighted by Gasteiger charge is -2.13. The monoisotopic (exact) mass is 279 g/mol. The molecule has 0 saturated carbocycles. The summed E-state index contributed by atoms with van der Waals surface area (Å²) >= 11 is 5.77. The van der Waals surface area contributed by atoms with Crippen LogP contribution in [0.4, 0.5) is 0 Å². The maximum absolute atomic E-state index is 11.6. The average Bonchev–Trinajstić information content (AvgIpc) is 2.45. The molecule has 102 valence electrons. The Morgan fingerprint density at radius 3 is 2.74 bits per heavy atom. The third kappa shape index (κ3) is 4.95. The van der Waals surface area contributed by atoms with Crippen LogP contribution in [0.15, 0.2) is 35.9 Å². The van der Waals surface area contributed by atoms with Crippen LogP contribution in [0, 0.1) is 0 Å². The summed E-state index contributed by atoms with van der Waals surface area (Å²) in [5.74, 6) is 0.554. The quantitative estimate of drug-likeness (QED) is 0.840. The SMILES string of the molecule is O=C(COc1ccc(Cl)cc1)NCC1=CCCCC1. The van der Waals surface area contributed by atoms with Crippen molar-refractivity contribution in [3.05, 3.63) is 40.9 Å². The van der Waals surface area contributed by atoms with Crippen molar-refractivity contribution < 1.29 is 9.53 Å². The summed E-state index contributed by atoms with van der Waals surface area (Å²) in [5, 5.41) is 3.53. The second kappa shape index (κ2) is 7.19. The molecular formula is C15H18ClNO2. The van der Waals surface area contributed by atoms with Crippen molar-refractivity contribution in [3.63, 3.8) is 0 Å². The second-order valence-electron chi connectivity index (χ2n) is 4.63. The highest BCUT2D eigenvalue weighted by atomic mass is 35.5. The van der Waals surface area contributed by atoms with Crippen LogP contribution in [0.25, 0.3) is 0 Å². The second-order valence-corrected chi connectivity index (χ2v) is 5.06. The molecule has 0 saturated heterocycles. The zero-order valence-corrected chi connectivity index (χ0v) is 11.6. The number of allylic oxidation sites excluding steroid dienone is 1. The van der Waals surface area contributed by atoms with Crippen molar-refractivity contribution in [1.29, 1.82) is 0 Å². The van der Waals surface area contributed by atoms with E-state index in [1.807, 2.05) is 0 Å². The van der Waals surface area contributed by atoms with Gasteiger partial charge in [0, 0.05) is 11.6 Å². The van der Waals surface area contributed by atoms with Crippen LogP contribution in [-0.4, -0.2) is 19.1 Å². The third-order valence-electron chi connectivity index (χ3n) is 3.08. The fraction of sp³-hybridized carbons (Fsp3) is 0.400. The molecule has 0 atom stereocenters. The molecule has 2 rings (SSSR count). The van der Waals surface area contributed by atoms with Crippen LogP contribution in [-0.2, 0) is 4.79 Å². The van der Waals surface area contributed by atoms with E-state index in [1.54, 1.807) is 24.3 Å². The largest absolute Gasteiger partial charge is 0.484 e. The minimum absolute atomic E-state index is 0.0366. The summed E-state index contributed by atoms with van der Waals surface area (Å²) in [6.07, 6.45) is 6.94. The number of halogens is 1. The molecule has 0 bridgehead atoms. The topological polar surface area (TPSA) is 38.3 Å². The van der Waals surface area contributed by atoms with E-state index in [0.29, 0.717) is 17.3 Å². The van der Waals surface area contributed by atoms with Gasteiger partial charge in [0.25, 0.3) is 5.91 Å². The molecule has 1 aromatic carbocycles. The van der Waals surface area contributed by atoms with Gasteiger partial charge in [-0.15, -0.1) is 0 Å². The highest BCUT2D eigenvalue weighted by Crippen LogP contribution is 2.16. The van der Waals surface area contributed by atoms with Gasteiger partial charge < -0.3 is 10.1 Å². The number of hydrogen-bond acceptors (Lipinski definition) is 2. The molecule has 1 aliphatic rings. The van der Waals surface area contributed by atoms with E-state index in [9.17, 15) is 4.79 Å². The van der Waals surface area contributed by atoms with Gasteiger partial charge in [0.1, 0.15) is 5.75 Å². The fourth-order valence-electron chi connectivity index (χ4n) is 2.01. The van der Waals surface area contributed by atoms with Gasteiger partial charge in [-0.3, -0.25) is 4.79 Å². The Labute approximate surface area is 118 Å². The molecule has 0 spiro atoms.